The van der Waals surface area contributed by atoms with Gasteiger partial charge in [-0.1, -0.05) is 42.5 Å². The smallest absolute Gasteiger partial charge is 0.255 e. The third-order valence-electron chi connectivity index (χ3n) is 4.42. The van der Waals surface area contributed by atoms with E-state index in [1.54, 1.807) is 23.1 Å². The first-order valence-corrected chi connectivity index (χ1v) is 9.13. The summed E-state index contributed by atoms with van der Waals surface area (Å²) in [6.07, 6.45) is -0.140. The summed E-state index contributed by atoms with van der Waals surface area (Å²) in [5, 5.41) is 2.70. The second kappa shape index (κ2) is 9.19. The van der Waals surface area contributed by atoms with Crippen LogP contribution >= 0.6 is 0 Å². The Morgan fingerprint density at radius 2 is 1.89 bits per heavy atom. The normalized spacial score (nSPS) is 16.6. The van der Waals surface area contributed by atoms with Crippen molar-refractivity contribution in [2.24, 2.45) is 0 Å². The number of carbonyl (C=O) groups is 2. The topological polar surface area (TPSA) is 67.9 Å². The highest BCUT2D eigenvalue weighted by molar-refractivity contribution is 5.98. The number of nitrogens with one attached hydrogen (secondary N) is 1. The van der Waals surface area contributed by atoms with Crippen molar-refractivity contribution in [3.8, 4) is 5.75 Å². The summed E-state index contributed by atoms with van der Waals surface area (Å²) in [6.45, 7) is 3.76. The van der Waals surface area contributed by atoms with E-state index in [9.17, 15) is 9.59 Å². The number of amides is 2. The van der Waals surface area contributed by atoms with Gasteiger partial charge in [0.05, 0.1) is 31.9 Å². The highest BCUT2D eigenvalue weighted by atomic mass is 16.5. The number of morpholine rings is 1. The zero-order valence-electron chi connectivity index (χ0n) is 15.4. The summed E-state index contributed by atoms with van der Waals surface area (Å²) in [7, 11) is 0. The molecule has 0 saturated carbocycles. The zero-order chi connectivity index (χ0) is 19.1. The van der Waals surface area contributed by atoms with Gasteiger partial charge in [0.2, 0.25) is 5.91 Å². The average molecular weight is 368 g/mol. The van der Waals surface area contributed by atoms with Gasteiger partial charge < -0.3 is 19.7 Å². The highest BCUT2D eigenvalue weighted by Gasteiger charge is 2.25. The molecule has 2 amide bonds. The molecule has 0 bridgehead atoms. The fraction of sp³-hybridized carbons (Fsp3) is 0.333. The number of rotatable bonds is 6. The van der Waals surface area contributed by atoms with Gasteiger partial charge in [0, 0.05) is 6.54 Å². The maximum atomic E-state index is 12.5. The van der Waals surface area contributed by atoms with E-state index in [-0.39, 0.29) is 24.5 Å². The van der Waals surface area contributed by atoms with Crippen molar-refractivity contribution in [1.29, 1.82) is 0 Å². The molecule has 6 nitrogen and oxygen atoms in total. The molecule has 1 fully saturated rings. The minimum atomic E-state index is -0.319. The molecule has 0 radical (unpaired) electrons. The minimum absolute atomic E-state index is 0.0548. The second-order valence-corrected chi connectivity index (χ2v) is 6.22. The molecule has 1 N–H and O–H groups in total. The molecule has 0 spiro atoms. The molecular formula is C21H24N2O4. The van der Waals surface area contributed by atoms with E-state index in [1.165, 1.54) is 0 Å². The maximum Gasteiger partial charge on any atom is 0.255 e. The van der Waals surface area contributed by atoms with E-state index in [0.29, 0.717) is 37.6 Å². The first-order valence-electron chi connectivity index (χ1n) is 9.13. The van der Waals surface area contributed by atoms with Crippen LogP contribution in [0.3, 0.4) is 0 Å². The lowest BCUT2D eigenvalue weighted by atomic mass is 10.1. The van der Waals surface area contributed by atoms with Gasteiger partial charge in [-0.25, -0.2) is 0 Å². The molecule has 27 heavy (non-hydrogen) atoms. The average Bonchev–Trinajstić information content (AvgIpc) is 2.73. The molecule has 6 heteroatoms. The Balaban J connectivity index is 1.57. The summed E-state index contributed by atoms with van der Waals surface area (Å²) < 4.78 is 11.3. The Kier molecular flexibility index (Phi) is 6.44. The van der Waals surface area contributed by atoms with Gasteiger partial charge in [-0.05, 0) is 24.6 Å². The van der Waals surface area contributed by atoms with Crippen LogP contribution in [-0.2, 0) is 9.53 Å². The molecule has 2 aromatic rings. The molecule has 1 unspecified atom stereocenters. The maximum absolute atomic E-state index is 12.5. The van der Waals surface area contributed by atoms with E-state index in [2.05, 4.69) is 5.32 Å². The number of nitrogens with zero attached hydrogens (tertiary/aromatic N) is 1. The third-order valence-corrected chi connectivity index (χ3v) is 4.42. The predicted octanol–water partition coefficient (Wildman–Crippen LogP) is 2.42. The van der Waals surface area contributed by atoms with Crippen molar-refractivity contribution in [3.05, 3.63) is 65.7 Å². The van der Waals surface area contributed by atoms with Gasteiger partial charge in [-0.2, -0.15) is 0 Å². The molecule has 1 heterocycles. The summed E-state index contributed by atoms with van der Waals surface area (Å²) >= 11 is 0. The van der Waals surface area contributed by atoms with Crippen molar-refractivity contribution in [1.82, 2.24) is 10.2 Å². The van der Waals surface area contributed by atoms with Gasteiger partial charge in [-0.15, -0.1) is 0 Å². The molecule has 1 atom stereocenters. The molecule has 142 valence electrons. The van der Waals surface area contributed by atoms with Crippen LogP contribution in [0.15, 0.2) is 54.6 Å². The predicted molar refractivity (Wildman–Crippen MR) is 102 cm³/mol. The van der Waals surface area contributed by atoms with E-state index in [4.69, 9.17) is 9.47 Å². The van der Waals surface area contributed by atoms with Gasteiger partial charge in [0.25, 0.3) is 5.91 Å². The Morgan fingerprint density at radius 3 is 2.67 bits per heavy atom. The quantitative estimate of drug-likeness (QED) is 0.850. The number of carbonyl (C=O) groups excluding carboxylic acids is 2. The summed E-state index contributed by atoms with van der Waals surface area (Å²) in [4.78, 5) is 26.7. The number of hydrogen-bond acceptors (Lipinski definition) is 4. The van der Waals surface area contributed by atoms with Crippen LogP contribution in [0.2, 0.25) is 0 Å². The Morgan fingerprint density at radius 1 is 1.15 bits per heavy atom. The fourth-order valence-electron chi connectivity index (χ4n) is 3.04. The SMILES string of the molecule is CCOc1ccccc1C(=O)NCC(=O)N1CCOC(c2ccccc2)C1. The van der Waals surface area contributed by atoms with Crippen molar-refractivity contribution in [2.75, 3.05) is 32.8 Å². The van der Waals surface area contributed by atoms with Crippen LogP contribution in [-0.4, -0.2) is 49.6 Å². The van der Waals surface area contributed by atoms with Crippen LogP contribution in [0, 0.1) is 0 Å². The van der Waals surface area contributed by atoms with E-state index in [0.717, 1.165) is 5.56 Å². The highest BCUT2D eigenvalue weighted by Crippen LogP contribution is 2.22. The lowest BCUT2D eigenvalue weighted by Crippen LogP contribution is -2.46. The van der Waals surface area contributed by atoms with Crippen LogP contribution in [0.25, 0.3) is 0 Å². The van der Waals surface area contributed by atoms with E-state index >= 15 is 0 Å². The number of hydrogen-bond donors (Lipinski definition) is 1. The van der Waals surface area contributed by atoms with Crippen molar-refractivity contribution in [2.45, 2.75) is 13.0 Å². The van der Waals surface area contributed by atoms with E-state index in [1.807, 2.05) is 43.3 Å². The Labute approximate surface area is 159 Å². The standard InChI is InChI=1S/C21H24N2O4/c1-2-26-18-11-7-6-10-17(18)21(25)22-14-20(24)23-12-13-27-19(15-23)16-8-4-3-5-9-16/h3-11,19H,2,12-15H2,1H3,(H,22,25). The lowest BCUT2D eigenvalue weighted by Gasteiger charge is -2.33. The monoisotopic (exact) mass is 368 g/mol. The zero-order valence-corrected chi connectivity index (χ0v) is 15.4. The second-order valence-electron chi connectivity index (χ2n) is 6.22. The molecule has 1 aliphatic heterocycles. The molecule has 2 aromatic carbocycles. The molecule has 3 rings (SSSR count). The summed E-state index contributed by atoms with van der Waals surface area (Å²) in [5.74, 6) is 0.0715. The van der Waals surface area contributed by atoms with Crippen LogP contribution < -0.4 is 10.1 Å². The van der Waals surface area contributed by atoms with Crippen LogP contribution in [0.1, 0.15) is 28.9 Å². The fourth-order valence-corrected chi connectivity index (χ4v) is 3.04. The van der Waals surface area contributed by atoms with Gasteiger partial charge >= 0.3 is 0 Å². The molecule has 0 aliphatic carbocycles. The first kappa shape index (κ1) is 18.9. The summed E-state index contributed by atoms with van der Waals surface area (Å²) in [6, 6.07) is 16.8. The largest absolute Gasteiger partial charge is 0.493 e. The Bertz CT molecular complexity index is 779. The van der Waals surface area contributed by atoms with Crippen molar-refractivity contribution < 1.29 is 19.1 Å². The molecule has 1 aliphatic rings. The van der Waals surface area contributed by atoms with E-state index < -0.39 is 0 Å². The first-order chi connectivity index (χ1) is 13.2. The molecule has 1 saturated heterocycles. The van der Waals surface area contributed by atoms with Gasteiger partial charge in [-0.3, -0.25) is 9.59 Å². The van der Waals surface area contributed by atoms with Crippen molar-refractivity contribution in [3.63, 3.8) is 0 Å². The molecular weight excluding hydrogens is 344 g/mol. The van der Waals surface area contributed by atoms with Gasteiger partial charge in [0.1, 0.15) is 11.9 Å². The van der Waals surface area contributed by atoms with Crippen LogP contribution in [0.4, 0.5) is 0 Å². The van der Waals surface area contributed by atoms with Crippen molar-refractivity contribution >= 4 is 11.8 Å². The number of benzene rings is 2. The third kappa shape index (κ3) is 4.86. The lowest BCUT2D eigenvalue weighted by molar-refractivity contribution is -0.137. The summed E-state index contributed by atoms with van der Waals surface area (Å²) in [5.41, 5.74) is 1.47. The van der Waals surface area contributed by atoms with Gasteiger partial charge in [0.15, 0.2) is 0 Å². The van der Waals surface area contributed by atoms with Crippen LogP contribution in [0.5, 0.6) is 5.75 Å². The number of para-hydroxylation sites is 1. The number of ether oxygens (including phenoxy) is 2. The Hall–Kier alpha value is -2.86. The minimum Gasteiger partial charge on any atom is -0.493 e. The molecule has 0 aromatic heterocycles.